The van der Waals surface area contributed by atoms with E-state index in [0.29, 0.717) is 5.71 Å². The summed E-state index contributed by atoms with van der Waals surface area (Å²) in [6.07, 6.45) is 0.662. The summed E-state index contributed by atoms with van der Waals surface area (Å²) >= 11 is 0. The van der Waals surface area contributed by atoms with Crippen LogP contribution >= 0.6 is 7.60 Å². The van der Waals surface area contributed by atoms with Crippen molar-refractivity contribution in [2.24, 2.45) is 10.9 Å². The summed E-state index contributed by atoms with van der Waals surface area (Å²) in [7, 11) is -4.58. The molecule has 8 nitrogen and oxygen atoms in total. The molecule has 2 N–H and O–H groups in total. The molecular weight excluding hydrogens is 515 g/mol. The normalized spacial score (nSPS) is 16.2. The minimum Gasteiger partial charge on any atom is -0.467 e. The number of nitrogens with zero attached hydrogens (tertiary/aromatic N) is 1. The Balaban J connectivity index is 1.90. The summed E-state index contributed by atoms with van der Waals surface area (Å²) in [4.78, 5) is 29.5. The highest BCUT2D eigenvalue weighted by atomic mass is 31.2. The van der Waals surface area contributed by atoms with Crippen molar-refractivity contribution in [3.63, 3.8) is 0 Å². The molecule has 0 aliphatic heterocycles. The van der Waals surface area contributed by atoms with Crippen molar-refractivity contribution in [1.29, 1.82) is 0 Å². The maximum Gasteiger partial charge on any atom is 0.408 e. The predicted molar refractivity (Wildman–Crippen MR) is 152 cm³/mol. The smallest absolute Gasteiger partial charge is 0.408 e. The number of rotatable bonds is 8. The number of hydrogen-bond acceptors (Lipinski definition) is 6. The molecule has 3 aromatic rings. The highest BCUT2D eigenvalue weighted by Gasteiger charge is 2.47. The summed E-state index contributed by atoms with van der Waals surface area (Å²) in [5.74, 6) is -1.29. The molecule has 1 aromatic heterocycles. The Labute approximate surface area is 230 Å². The monoisotopic (exact) mass is 552 g/mol. The lowest BCUT2D eigenvalue weighted by Crippen LogP contribution is -2.40. The van der Waals surface area contributed by atoms with Crippen LogP contribution in [0.1, 0.15) is 71.4 Å². The molecule has 1 aliphatic carbocycles. The second kappa shape index (κ2) is 10.8. The molecule has 1 amide bonds. The van der Waals surface area contributed by atoms with Crippen LogP contribution in [0.25, 0.3) is 11.1 Å². The Morgan fingerprint density at radius 3 is 1.92 bits per heavy atom. The molecule has 2 aromatic carbocycles. The zero-order chi connectivity index (χ0) is 28.6. The zero-order valence-electron chi connectivity index (χ0n) is 23.5. The minimum atomic E-state index is -4.58. The van der Waals surface area contributed by atoms with E-state index in [1.807, 2.05) is 62.4 Å². The highest BCUT2D eigenvalue weighted by Crippen LogP contribution is 2.57. The topological polar surface area (TPSA) is 110 Å². The third-order valence-corrected chi connectivity index (χ3v) is 8.64. The first-order valence-corrected chi connectivity index (χ1v) is 14.7. The summed E-state index contributed by atoms with van der Waals surface area (Å²) in [6.45, 7) is 12.6. The Morgan fingerprint density at radius 1 is 0.923 bits per heavy atom. The zero-order valence-corrected chi connectivity index (χ0v) is 24.4. The number of aliphatic imine (C=N–C) groups is 1. The van der Waals surface area contributed by atoms with E-state index in [9.17, 15) is 14.3 Å². The second-order valence-electron chi connectivity index (χ2n) is 11.5. The van der Waals surface area contributed by atoms with Gasteiger partial charge in [0, 0.05) is 11.1 Å². The third-order valence-electron chi connectivity index (χ3n) is 6.83. The fourth-order valence-electron chi connectivity index (χ4n) is 4.29. The summed E-state index contributed by atoms with van der Waals surface area (Å²) < 4.78 is 31.4. The van der Waals surface area contributed by atoms with Crippen molar-refractivity contribution < 1.29 is 27.9 Å². The number of carbonyl (C=O) groups is 1. The van der Waals surface area contributed by atoms with Crippen LogP contribution in [0.15, 0.2) is 76.3 Å². The molecule has 0 spiro atoms. The van der Waals surface area contributed by atoms with Gasteiger partial charge in [-0.05, 0) is 63.8 Å². The standard InChI is InChI=1S/C30H37N2O6P/c1-19(2)30(6,7)38-39(34,35)27(26(24-17-12-18-36-24)32-28(33)37-29(3,4)5)31-25-22-15-10-8-13-20(22)21-14-9-11-16-23(21)25/h8-19,26-27H,1-7H3,(H,32,33)(H,34,35). The van der Waals surface area contributed by atoms with Gasteiger partial charge in [-0.3, -0.25) is 9.56 Å². The summed E-state index contributed by atoms with van der Waals surface area (Å²) in [6, 6.07) is 17.6. The number of carbonyl (C=O) groups excluding carboxylic acids is 1. The quantitative estimate of drug-likeness (QED) is 0.222. The molecule has 1 aliphatic rings. The van der Waals surface area contributed by atoms with E-state index in [1.165, 1.54) is 6.26 Å². The van der Waals surface area contributed by atoms with Crippen molar-refractivity contribution in [3.05, 3.63) is 83.8 Å². The third kappa shape index (κ3) is 6.35. The number of hydrogen-bond donors (Lipinski definition) is 2. The van der Waals surface area contributed by atoms with Crippen LogP contribution < -0.4 is 5.32 Å². The molecule has 0 radical (unpaired) electrons. The van der Waals surface area contributed by atoms with Gasteiger partial charge in [-0.15, -0.1) is 0 Å². The van der Waals surface area contributed by atoms with Crippen molar-refractivity contribution in [3.8, 4) is 11.1 Å². The van der Waals surface area contributed by atoms with E-state index in [-0.39, 0.29) is 11.7 Å². The molecule has 0 bridgehead atoms. The number of amides is 1. The van der Waals surface area contributed by atoms with E-state index < -0.39 is 36.7 Å². The van der Waals surface area contributed by atoms with Gasteiger partial charge in [0.15, 0.2) is 5.78 Å². The molecule has 4 rings (SSSR count). The van der Waals surface area contributed by atoms with Gasteiger partial charge in [0.2, 0.25) is 0 Å². The molecule has 0 saturated carbocycles. The maximum absolute atomic E-state index is 14.2. The van der Waals surface area contributed by atoms with Gasteiger partial charge in [0.25, 0.3) is 0 Å². The first kappa shape index (κ1) is 28.8. The molecular formula is C30H37N2O6P. The molecule has 0 saturated heterocycles. The van der Waals surface area contributed by atoms with Crippen LogP contribution in [-0.2, 0) is 13.8 Å². The molecule has 3 atom stereocenters. The lowest BCUT2D eigenvalue weighted by atomic mass is 9.95. The van der Waals surface area contributed by atoms with E-state index in [1.54, 1.807) is 46.8 Å². The van der Waals surface area contributed by atoms with Crippen molar-refractivity contribution in [2.75, 3.05) is 0 Å². The maximum atomic E-state index is 14.2. The van der Waals surface area contributed by atoms with E-state index in [4.69, 9.17) is 18.7 Å². The van der Waals surface area contributed by atoms with Crippen LogP contribution in [0, 0.1) is 5.92 Å². The number of nitrogens with one attached hydrogen (secondary N) is 1. The number of benzene rings is 2. The second-order valence-corrected chi connectivity index (χ2v) is 13.4. The van der Waals surface area contributed by atoms with E-state index in [2.05, 4.69) is 5.32 Å². The van der Waals surface area contributed by atoms with Crippen LogP contribution in [-0.4, -0.2) is 33.7 Å². The lowest BCUT2D eigenvalue weighted by Gasteiger charge is -2.35. The molecule has 3 unspecified atom stereocenters. The van der Waals surface area contributed by atoms with Crippen LogP contribution in [0.3, 0.4) is 0 Å². The van der Waals surface area contributed by atoms with Crippen LogP contribution in [0.2, 0.25) is 0 Å². The van der Waals surface area contributed by atoms with Crippen LogP contribution in [0.5, 0.6) is 0 Å². The van der Waals surface area contributed by atoms with Gasteiger partial charge >= 0.3 is 13.7 Å². The summed E-state index contributed by atoms with van der Waals surface area (Å²) in [5.41, 5.74) is 2.36. The van der Waals surface area contributed by atoms with Gasteiger partial charge in [-0.1, -0.05) is 62.4 Å². The molecule has 9 heteroatoms. The molecule has 208 valence electrons. The van der Waals surface area contributed by atoms with Crippen molar-refractivity contribution in [1.82, 2.24) is 5.32 Å². The Bertz CT molecular complexity index is 1360. The minimum absolute atomic E-state index is 0.0833. The number of furan rings is 1. The van der Waals surface area contributed by atoms with E-state index in [0.717, 1.165) is 22.3 Å². The first-order chi connectivity index (χ1) is 18.2. The first-order valence-electron chi connectivity index (χ1n) is 13.0. The Kier molecular flexibility index (Phi) is 7.95. The highest BCUT2D eigenvalue weighted by molar-refractivity contribution is 7.53. The molecule has 1 heterocycles. The largest absolute Gasteiger partial charge is 0.467 e. The fourth-order valence-corrected chi connectivity index (χ4v) is 6.15. The fraction of sp³-hybridized carbons (Fsp3) is 0.400. The lowest BCUT2D eigenvalue weighted by molar-refractivity contribution is 0.0411. The van der Waals surface area contributed by atoms with Gasteiger partial charge in [0.05, 0.1) is 17.6 Å². The molecule has 0 fully saturated rings. The Hall–Kier alpha value is -3.19. The van der Waals surface area contributed by atoms with Gasteiger partial charge in [-0.2, -0.15) is 0 Å². The van der Waals surface area contributed by atoms with Crippen molar-refractivity contribution >= 4 is 19.4 Å². The average molecular weight is 553 g/mol. The average Bonchev–Trinajstić information content (AvgIpc) is 3.46. The number of fused-ring (bicyclic) bond motifs is 3. The number of ether oxygens (including phenoxy) is 1. The van der Waals surface area contributed by atoms with E-state index >= 15 is 0 Å². The summed E-state index contributed by atoms with van der Waals surface area (Å²) in [5, 5.41) is 2.74. The van der Waals surface area contributed by atoms with Gasteiger partial charge in [-0.25, -0.2) is 4.79 Å². The van der Waals surface area contributed by atoms with Crippen molar-refractivity contribution in [2.45, 2.75) is 71.5 Å². The Morgan fingerprint density at radius 2 is 1.46 bits per heavy atom. The SMILES string of the molecule is CC(C)C(C)(C)OP(=O)(O)C(N=C1c2ccccc2-c2ccccc21)C(NC(=O)OC(C)(C)C)c1ccco1. The van der Waals surface area contributed by atoms with Gasteiger partial charge < -0.3 is 23.9 Å². The predicted octanol–water partition coefficient (Wildman–Crippen LogP) is 7.33. The molecule has 39 heavy (non-hydrogen) atoms. The number of alkyl carbamates (subject to hydrolysis) is 1. The van der Waals surface area contributed by atoms with Gasteiger partial charge in [0.1, 0.15) is 17.4 Å². The van der Waals surface area contributed by atoms with Crippen LogP contribution in [0.4, 0.5) is 4.79 Å².